The van der Waals surface area contributed by atoms with Gasteiger partial charge in [0.2, 0.25) is 5.95 Å². The van der Waals surface area contributed by atoms with Crippen LogP contribution in [0.3, 0.4) is 0 Å². The van der Waals surface area contributed by atoms with Crippen molar-refractivity contribution in [3.63, 3.8) is 0 Å². The Morgan fingerprint density at radius 2 is 1.87 bits per heavy atom. The summed E-state index contributed by atoms with van der Waals surface area (Å²) < 4.78 is 0. The van der Waals surface area contributed by atoms with E-state index in [0.717, 1.165) is 17.5 Å². The third-order valence-electron chi connectivity index (χ3n) is 4.23. The van der Waals surface area contributed by atoms with Gasteiger partial charge in [-0.05, 0) is 12.0 Å². The number of rotatable bonds is 3. The van der Waals surface area contributed by atoms with Crippen LogP contribution >= 0.6 is 0 Å². The first-order chi connectivity index (χ1) is 11.2. The first kappa shape index (κ1) is 15.3. The van der Waals surface area contributed by atoms with Crippen molar-refractivity contribution in [2.24, 2.45) is 0 Å². The molecule has 1 aliphatic heterocycles. The second-order valence-corrected chi connectivity index (χ2v) is 5.62. The summed E-state index contributed by atoms with van der Waals surface area (Å²) in [6, 6.07) is 10.1. The number of carbonyl (C=O) groups is 1. The fourth-order valence-electron chi connectivity index (χ4n) is 2.89. The highest BCUT2D eigenvalue weighted by molar-refractivity contribution is 5.65. The molecule has 1 fully saturated rings. The highest BCUT2D eigenvalue weighted by Gasteiger charge is 2.29. The normalized spacial score (nSPS) is 18.0. The number of piperazine rings is 1. The molecule has 120 valence electrons. The maximum atomic E-state index is 11.1. The minimum Gasteiger partial charge on any atom is -0.465 e. The molecule has 0 saturated carbocycles. The van der Waals surface area contributed by atoms with Crippen molar-refractivity contribution in [1.29, 1.82) is 0 Å². The first-order valence-electron chi connectivity index (χ1n) is 7.81. The number of benzene rings is 1. The van der Waals surface area contributed by atoms with Crippen LogP contribution in [0.2, 0.25) is 0 Å². The topological polar surface area (TPSA) is 69.6 Å². The lowest BCUT2D eigenvalue weighted by Gasteiger charge is -2.40. The van der Waals surface area contributed by atoms with Crippen LogP contribution in [0.15, 0.2) is 42.7 Å². The Balaban J connectivity index is 1.78. The van der Waals surface area contributed by atoms with E-state index in [2.05, 4.69) is 21.8 Å². The molecule has 1 amide bonds. The quantitative estimate of drug-likeness (QED) is 0.943. The van der Waals surface area contributed by atoms with Crippen molar-refractivity contribution in [3.8, 4) is 11.1 Å². The molecule has 0 spiro atoms. The first-order valence-corrected chi connectivity index (χ1v) is 7.81. The second-order valence-electron chi connectivity index (χ2n) is 5.62. The Morgan fingerprint density at radius 3 is 2.48 bits per heavy atom. The summed E-state index contributed by atoms with van der Waals surface area (Å²) in [5, 5.41) is 9.15. The maximum Gasteiger partial charge on any atom is 0.407 e. The third kappa shape index (κ3) is 3.26. The molecular weight excluding hydrogens is 292 g/mol. The average molecular weight is 312 g/mol. The van der Waals surface area contributed by atoms with Gasteiger partial charge in [-0.1, -0.05) is 37.3 Å². The minimum absolute atomic E-state index is 0.113. The van der Waals surface area contributed by atoms with Crippen LogP contribution in [0.25, 0.3) is 11.1 Å². The van der Waals surface area contributed by atoms with Crippen molar-refractivity contribution in [3.05, 3.63) is 42.7 Å². The predicted molar refractivity (Wildman–Crippen MR) is 88.5 cm³/mol. The number of hydrogen-bond donors (Lipinski definition) is 1. The van der Waals surface area contributed by atoms with E-state index in [9.17, 15) is 4.79 Å². The summed E-state index contributed by atoms with van der Waals surface area (Å²) in [7, 11) is 0. The summed E-state index contributed by atoms with van der Waals surface area (Å²) in [6.07, 6.45) is 3.65. The highest BCUT2D eigenvalue weighted by Crippen LogP contribution is 2.22. The maximum absolute atomic E-state index is 11.1. The van der Waals surface area contributed by atoms with Gasteiger partial charge in [0, 0.05) is 43.6 Å². The smallest absolute Gasteiger partial charge is 0.407 e. The van der Waals surface area contributed by atoms with Gasteiger partial charge in [-0.2, -0.15) is 0 Å². The number of hydrogen-bond acceptors (Lipinski definition) is 4. The molecule has 0 radical (unpaired) electrons. The van der Waals surface area contributed by atoms with Crippen LogP contribution in [-0.2, 0) is 0 Å². The summed E-state index contributed by atoms with van der Waals surface area (Å²) in [5.41, 5.74) is 2.06. The Hall–Kier alpha value is -2.63. The van der Waals surface area contributed by atoms with Crippen LogP contribution in [0.1, 0.15) is 13.3 Å². The van der Waals surface area contributed by atoms with Crippen LogP contribution in [-0.4, -0.2) is 51.7 Å². The number of amides is 1. The number of nitrogens with zero attached hydrogens (tertiary/aromatic N) is 4. The molecule has 1 aliphatic rings. The fourth-order valence-corrected chi connectivity index (χ4v) is 2.89. The van der Waals surface area contributed by atoms with Crippen LogP contribution in [0.4, 0.5) is 10.7 Å². The molecule has 1 saturated heterocycles. The van der Waals surface area contributed by atoms with Gasteiger partial charge in [-0.3, -0.25) is 0 Å². The zero-order valence-electron chi connectivity index (χ0n) is 13.1. The molecule has 6 nitrogen and oxygen atoms in total. The number of anilines is 1. The Kier molecular flexibility index (Phi) is 4.41. The van der Waals surface area contributed by atoms with E-state index in [1.807, 2.05) is 42.7 Å². The molecule has 1 N–H and O–H groups in total. The van der Waals surface area contributed by atoms with E-state index in [-0.39, 0.29) is 6.04 Å². The largest absolute Gasteiger partial charge is 0.465 e. The molecule has 6 heteroatoms. The van der Waals surface area contributed by atoms with Crippen molar-refractivity contribution < 1.29 is 9.90 Å². The summed E-state index contributed by atoms with van der Waals surface area (Å²) in [5.74, 6) is 0.668. The molecule has 23 heavy (non-hydrogen) atoms. The molecular formula is C17H20N4O2. The number of aromatic nitrogens is 2. The Morgan fingerprint density at radius 1 is 1.17 bits per heavy atom. The fraction of sp³-hybridized carbons (Fsp3) is 0.353. The molecule has 1 aromatic heterocycles. The molecule has 0 bridgehead atoms. The summed E-state index contributed by atoms with van der Waals surface area (Å²) in [6.45, 7) is 3.65. The monoisotopic (exact) mass is 312 g/mol. The van der Waals surface area contributed by atoms with E-state index in [1.165, 1.54) is 4.90 Å². The lowest BCUT2D eigenvalue weighted by Crippen LogP contribution is -2.54. The number of carboxylic acid groups (broad SMARTS) is 1. The molecule has 0 aliphatic carbocycles. The molecule has 1 atom stereocenters. The van der Waals surface area contributed by atoms with Crippen molar-refractivity contribution in [1.82, 2.24) is 14.9 Å². The minimum atomic E-state index is -0.858. The Bertz CT molecular complexity index is 660. The Labute approximate surface area is 135 Å². The molecule has 3 rings (SSSR count). The zero-order valence-corrected chi connectivity index (χ0v) is 13.1. The van der Waals surface area contributed by atoms with Crippen molar-refractivity contribution in [2.75, 3.05) is 24.5 Å². The third-order valence-corrected chi connectivity index (χ3v) is 4.23. The van der Waals surface area contributed by atoms with Crippen molar-refractivity contribution >= 4 is 12.0 Å². The lowest BCUT2D eigenvalue weighted by molar-refractivity contribution is 0.134. The van der Waals surface area contributed by atoms with Gasteiger partial charge in [0.25, 0.3) is 0 Å². The van der Waals surface area contributed by atoms with Gasteiger partial charge >= 0.3 is 6.09 Å². The van der Waals surface area contributed by atoms with Crippen LogP contribution < -0.4 is 4.90 Å². The molecule has 1 aromatic carbocycles. The van der Waals surface area contributed by atoms with Gasteiger partial charge in [0.15, 0.2) is 0 Å². The van der Waals surface area contributed by atoms with Crippen LogP contribution in [0, 0.1) is 0 Å². The van der Waals surface area contributed by atoms with Gasteiger partial charge in [0.1, 0.15) is 0 Å². The van der Waals surface area contributed by atoms with Gasteiger partial charge < -0.3 is 14.9 Å². The standard InChI is InChI=1S/C17H20N4O2/c1-2-15-12-20(17(22)23)8-9-21(15)16-18-10-14(11-19-16)13-6-4-3-5-7-13/h3-7,10-11,15H,2,8-9,12H2,1H3,(H,22,23). The average Bonchev–Trinajstić information content (AvgIpc) is 2.62. The van der Waals surface area contributed by atoms with E-state index in [0.29, 0.717) is 25.6 Å². The van der Waals surface area contributed by atoms with E-state index < -0.39 is 6.09 Å². The lowest BCUT2D eigenvalue weighted by atomic mass is 10.1. The van der Waals surface area contributed by atoms with E-state index in [1.54, 1.807) is 0 Å². The van der Waals surface area contributed by atoms with E-state index in [4.69, 9.17) is 5.11 Å². The van der Waals surface area contributed by atoms with Gasteiger partial charge in [-0.25, -0.2) is 14.8 Å². The summed E-state index contributed by atoms with van der Waals surface area (Å²) in [4.78, 5) is 23.7. The highest BCUT2D eigenvalue weighted by atomic mass is 16.4. The predicted octanol–water partition coefficient (Wildman–Crippen LogP) is 2.72. The van der Waals surface area contributed by atoms with Gasteiger partial charge in [0.05, 0.1) is 0 Å². The molecule has 1 unspecified atom stereocenters. The molecule has 2 aromatic rings. The van der Waals surface area contributed by atoms with E-state index >= 15 is 0 Å². The zero-order chi connectivity index (χ0) is 16.2. The van der Waals surface area contributed by atoms with Crippen LogP contribution in [0.5, 0.6) is 0 Å². The SMILES string of the molecule is CCC1CN(C(=O)O)CCN1c1ncc(-c2ccccc2)cn1. The second kappa shape index (κ2) is 6.64. The molecule has 2 heterocycles. The van der Waals surface area contributed by atoms with Crippen molar-refractivity contribution in [2.45, 2.75) is 19.4 Å². The summed E-state index contributed by atoms with van der Waals surface area (Å²) >= 11 is 0. The van der Waals surface area contributed by atoms with Gasteiger partial charge in [-0.15, -0.1) is 0 Å².